The molecular formula is C16H23N3O2. The number of methoxy groups -OCH3 is 2. The van der Waals surface area contributed by atoms with Crippen LogP contribution in [0.15, 0.2) is 30.6 Å². The standard InChI is InChI=1S/C16H23N3O2/c1-11(18-12(2)16-17-8-9-19(16)3)14-7-6-13(20-4)10-15(14)21-5/h6-12,18H,1-5H3. The third-order valence-electron chi connectivity index (χ3n) is 3.65. The average Bonchev–Trinajstić information content (AvgIpc) is 2.92. The van der Waals surface area contributed by atoms with Crippen LogP contribution >= 0.6 is 0 Å². The summed E-state index contributed by atoms with van der Waals surface area (Å²) in [6.45, 7) is 4.22. The third-order valence-corrected chi connectivity index (χ3v) is 3.65. The first-order valence-electron chi connectivity index (χ1n) is 7.02. The minimum atomic E-state index is 0.137. The molecule has 2 atom stereocenters. The first-order valence-corrected chi connectivity index (χ1v) is 7.02. The SMILES string of the molecule is COc1ccc(C(C)NC(C)c2nccn2C)c(OC)c1. The van der Waals surface area contributed by atoms with E-state index in [0.717, 1.165) is 22.9 Å². The summed E-state index contributed by atoms with van der Waals surface area (Å²) in [4.78, 5) is 4.38. The zero-order valence-electron chi connectivity index (χ0n) is 13.3. The summed E-state index contributed by atoms with van der Waals surface area (Å²) in [6, 6.07) is 6.16. The minimum Gasteiger partial charge on any atom is -0.497 e. The molecule has 0 amide bonds. The molecule has 0 saturated heterocycles. The molecule has 1 N–H and O–H groups in total. The van der Waals surface area contributed by atoms with Crippen LogP contribution in [0.1, 0.15) is 37.3 Å². The predicted octanol–water partition coefficient (Wildman–Crippen LogP) is 2.85. The second-order valence-electron chi connectivity index (χ2n) is 5.11. The van der Waals surface area contributed by atoms with Crippen molar-refractivity contribution in [3.63, 3.8) is 0 Å². The topological polar surface area (TPSA) is 48.3 Å². The van der Waals surface area contributed by atoms with Crippen molar-refractivity contribution in [1.82, 2.24) is 14.9 Å². The van der Waals surface area contributed by atoms with Crippen LogP contribution in [0.5, 0.6) is 11.5 Å². The summed E-state index contributed by atoms with van der Waals surface area (Å²) in [5, 5.41) is 3.55. The second-order valence-corrected chi connectivity index (χ2v) is 5.11. The summed E-state index contributed by atoms with van der Waals surface area (Å²) >= 11 is 0. The molecule has 0 aliphatic heterocycles. The van der Waals surface area contributed by atoms with Crippen LogP contribution in [0.4, 0.5) is 0 Å². The smallest absolute Gasteiger partial charge is 0.127 e. The molecule has 1 heterocycles. The molecule has 5 heteroatoms. The molecule has 2 rings (SSSR count). The number of aryl methyl sites for hydroxylation is 1. The number of nitrogens with one attached hydrogen (secondary N) is 1. The lowest BCUT2D eigenvalue weighted by atomic mass is 10.1. The van der Waals surface area contributed by atoms with Crippen molar-refractivity contribution in [2.45, 2.75) is 25.9 Å². The molecule has 0 fully saturated rings. The third kappa shape index (κ3) is 3.36. The highest BCUT2D eigenvalue weighted by atomic mass is 16.5. The Morgan fingerprint density at radius 2 is 1.90 bits per heavy atom. The largest absolute Gasteiger partial charge is 0.497 e. The van der Waals surface area contributed by atoms with Crippen LogP contribution in [-0.4, -0.2) is 23.8 Å². The number of benzene rings is 1. The van der Waals surface area contributed by atoms with Gasteiger partial charge in [0.25, 0.3) is 0 Å². The lowest BCUT2D eigenvalue weighted by Gasteiger charge is -2.22. The van der Waals surface area contributed by atoms with Gasteiger partial charge in [0.2, 0.25) is 0 Å². The van der Waals surface area contributed by atoms with Gasteiger partial charge in [-0.3, -0.25) is 0 Å². The van der Waals surface area contributed by atoms with Crippen LogP contribution in [0.2, 0.25) is 0 Å². The summed E-state index contributed by atoms with van der Waals surface area (Å²) in [6.07, 6.45) is 3.76. The van der Waals surface area contributed by atoms with Crippen molar-refractivity contribution in [2.24, 2.45) is 7.05 Å². The van der Waals surface area contributed by atoms with Gasteiger partial charge in [-0.1, -0.05) is 6.07 Å². The van der Waals surface area contributed by atoms with Crippen molar-refractivity contribution in [1.29, 1.82) is 0 Å². The molecule has 0 radical (unpaired) electrons. The van der Waals surface area contributed by atoms with E-state index < -0.39 is 0 Å². The van der Waals surface area contributed by atoms with E-state index in [2.05, 4.69) is 24.1 Å². The summed E-state index contributed by atoms with van der Waals surface area (Å²) in [5.41, 5.74) is 1.10. The van der Waals surface area contributed by atoms with Crippen molar-refractivity contribution in [3.8, 4) is 11.5 Å². The highest BCUT2D eigenvalue weighted by Crippen LogP contribution is 2.30. The Hall–Kier alpha value is -2.01. The molecule has 2 aromatic rings. The molecule has 114 valence electrons. The van der Waals surface area contributed by atoms with E-state index in [1.807, 2.05) is 42.2 Å². The Morgan fingerprint density at radius 1 is 1.14 bits per heavy atom. The fourth-order valence-electron chi connectivity index (χ4n) is 2.51. The maximum absolute atomic E-state index is 5.46. The molecule has 1 aromatic carbocycles. The number of hydrogen-bond donors (Lipinski definition) is 1. The van der Waals surface area contributed by atoms with Crippen LogP contribution in [0.3, 0.4) is 0 Å². The van der Waals surface area contributed by atoms with E-state index in [1.54, 1.807) is 14.2 Å². The van der Waals surface area contributed by atoms with Gasteiger partial charge in [0.1, 0.15) is 17.3 Å². The summed E-state index contributed by atoms with van der Waals surface area (Å²) in [7, 11) is 5.32. The number of aromatic nitrogens is 2. The second kappa shape index (κ2) is 6.63. The van der Waals surface area contributed by atoms with E-state index in [9.17, 15) is 0 Å². The first-order chi connectivity index (χ1) is 10.1. The lowest BCUT2D eigenvalue weighted by molar-refractivity contribution is 0.381. The van der Waals surface area contributed by atoms with E-state index >= 15 is 0 Å². The molecule has 2 unspecified atom stereocenters. The van der Waals surface area contributed by atoms with Gasteiger partial charge in [-0.2, -0.15) is 0 Å². The Bertz CT molecular complexity index is 595. The molecule has 0 bridgehead atoms. The zero-order chi connectivity index (χ0) is 15.4. The number of imidazole rings is 1. The molecule has 0 aliphatic carbocycles. The molecule has 0 aliphatic rings. The highest BCUT2D eigenvalue weighted by molar-refractivity contribution is 5.42. The van der Waals surface area contributed by atoms with Crippen molar-refractivity contribution < 1.29 is 9.47 Å². The van der Waals surface area contributed by atoms with Crippen molar-refractivity contribution in [2.75, 3.05) is 14.2 Å². The van der Waals surface area contributed by atoms with Crippen LogP contribution < -0.4 is 14.8 Å². The molecule has 1 aromatic heterocycles. The van der Waals surface area contributed by atoms with Crippen molar-refractivity contribution in [3.05, 3.63) is 42.0 Å². The quantitative estimate of drug-likeness (QED) is 0.888. The Kier molecular flexibility index (Phi) is 4.85. The predicted molar refractivity (Wildman–Crippen MR) is 82.7 cm³/mol. The van der Waals surface area contributed by atoms with E-state index in [0.29, 0.717) is 0 Å². The lowest BCUT2D eigenvalue weighted by Crippen LogP contribution is -2.25. The first kappa shape index (κ1) is 15.4. The Labute approximate surface area is 125 Å². The number of rotatable bonds is 6. The fraction of sp³-hybridized carbons (Fsp3) is 0.438. The summed E-state index contributed by atoms with van der Waals surface area (Å²) in [5.74, 6) is 2.62. The summed E-state index contributed by atoms with van der Waals surface area (Å²) < 4.78 is 12.7. The van der Waals surface area contributed by atoms with E-state index in [-0.39, 0.29) is 12.1 Å². The van der Waals surface area contributed by atoms with Crippen LogP contribution in [0.25, 0.3) is 0 Å². The van der Waals surface area contributed by atoms with Gasteiger partial charge in [0.15, 0.2) is 0 Å². The van der Waals surface area contributed by atoms with Crippen LogP contribution in [0, 0.1) is 0 Å². The van der Waals surface area contributed by atoms with Gasteiger partial charge in [-0.05, 0) is 19.9 Å². The van der Waals surface area contributed by atoms with Crippen LogP contribution in [-0.2, 0) is 7.05 Å². The molecule has 21 heavy (non-hydrogen) atoms. The van der Waals surface area contributed by atoms with Gasteiger partial charge in [0.05, 0.1) is 20.3 Å². The molecule has 0 saturated carbocycles. The Balaban J connectivity index is 2.16. The average molecular weight is 289 g/mol. The number of hydrogen-bond acceptors (Lipinski definition) is 4. The maximum atomic E-state index is 5.46. The van der Waals surface area contributed by atoms with E-state index in [1.165, 1.54) is 0 Å². The van der Waals surface area contributed by atoms with Crippen molar-refractivity contribution >= 4 is 0 Å². The molecule has 0 spiro atoms. The fourth-order valence-corrected chi connectivity index (χ4v) is 2.51. The van der Waals surface area contributed by atoms with Gasteiger partial charge in [-0.25, -0.2) is 4.98 Å². The Morgan fingerprint density at radius 3 is 2.48 bits per heavy atom. The zero-order valence-corrected chi connectivity index (χ0v) is 13.3. The highest BCUT2D eigenvalue weighted by Gasteiger charge is 2.17. The number of nitrogens with zero attached hydrogens (tertiary/aromatic N) is 2. The maximum Gasteiger partial charge on any atom is 0.127 e. The van der Waals surface area contributed by atoms with Gasteiger partial charge >= 0.3 is 0 Å². The monoisotopic (exact) mass is 289 g/mol. The molecule has 5 nitrogen and oxygen atoms in total. The molecular weight excluding hydrogens is 266 g/mol. The normalized spacial score (nSPS) is 13.8. The van der Waals surface area contributed by atoms with Gasteiger partial charge in [0, 0.05) is 37.1 Å². The number of ether oxygens (including phenoxy) is 2. The van der Waals surface area contributed by atoms with E-state index in [4.69, 9.17) is 9.47 Å². The minimum absolute atomic E-state index is 0.137. The van der Waals surface area contributed by atoms with Gasteiger partial charge in [-0.15, -0.1) is 0 Å². The van der Waals surface area contributed by atoms with Gasteiger partial charge < -0.3 is 19.4 Å².